The Labute approximate surface area is 125 Å². The molecule has 0 amide bonds. The summed E-state index contributed by atoms with van der Waals surface area (Å²) >= 11 is 0. The van der Waals surface area contributed by atoms with E-state index in [1.807, 2.05) is 20.9 Å². The van der Waals surface area contributed by atoms with Crippen molar-refractivity contribution in [3.8, 4) is 0 Å². The van der Waals surface area contributed by atoms with Gasteiger partial charge in [-0.25, -0.2) is 0 Å². The summed E-state index contributed by atoms with van der Waals surface area (Å²) in [7, 11) is -2.02. The quantitative estimate of drug-likeness (QED) is 0.696. The van der Waals surface area contributed by atoms with Gasteiger partial charge < -0.3 is 4.90 Å². The first-order chi connectivity index (χ1) is 8.71. The van der Waals surface area contributed by atoms with Crippen molar-refractivity contribution in [1.82, 2.24) is 4.90 Å². The summed E-state index contributed by atoms with van der Waals surface area (Å²) in [5.41, 5.74) is -0.0703. The molecule has 0 aromatic heterocycles. The lowest BCUT2D eigenvalue weighted by Gasteiger charge is -2.44. The molecule has 0 aliphatic rings. The first kappa shape index (κ1) is 19.9. The monoisotopic (exact) mass is 307 g/mol. The summed E-state index contributed by atoms with van der Waals surface area (Å²) in [4.78, 5) is 2.22. The van der Waals surface area contributed by atoms with Crippen LogP contribution < -0.4 is 0 Å². The molecule has 20 heavy (non-hydrogen) atoms. The molecular formula is C15H33NO3S. The molecule has 0 rings (SSSR count). The zero-order valence-corrected chi connectivity index (χ0v) is 15.3. The summed E-state index contributed by atoms with van der Waals surface area (Å²) < 4.78 is 31.2. The third-order valence-electron chi connectivity index (χ3n) is 4.92. The van der Waals surface area contributed by atoms with Gasteiger partial charge in [-0.1, -0.05) is 20.8 Å². The van der Waals surface area contributed by atoms with Gasteiger partial charge in [0.15, 0.2) is 0 Å². The van der Waals surface area contributed by atoms with Gasteiger partial charge in [0.2, 0.25) is 0 Å². The third-order valence-corrected chi connectivity index (χ3v) is 6.46. The van der Waals surface area contributed by atoms with Crippen LogP contribution in [0.15, 0.2) is 0 Å². The molecule has 0 aliphatic heterocycles. The van der Waals surface area contributed by atoms with E-state index in [1.54, 1.807) is 13.8 Å². The van der Waals surface area contributed by atoms with E-state index in [1.165, 1.54) is 0 Å². The molecule has 0 radical (unpaired) electrons. The Hall–Kier alpha value is -0.130. The molecular weight excluding hydrogens is 274 g/mol. The summed E-state index contributed by atoms with van der Waals surface area (Å²) in [6.07, 6.45) is 2.57. The van der Waals surface area contributed by atoms with E-state index in [0.717, 1.165) is 19.4 Å². The predicted molar refractivity (Wildman–Crippen MR) is 85.6 cm³/mol. The van der Waals surface area contributed by atoms with Crippen LogP contribution in [0, 0.1) is 5.41 Å². The SMILES string of the molecule is CCC(C)(CC)CN(C)C(C)(C)CC(C)(C)S(=O)(=O)O. The van der Waals surface area contributed by atoms with Gasteiger partial charge in [-0.05, 0) is 59.4 Å². The van der Waals surface area contributed by atoms with Gasteiger partial charge in [0.25, 0.3) is 10.1 Å². The Balaban J connectivity index is 5.07. The minimum absolute atomic E-state index is 0.230. The third kappa shape index (κ3) is 5.01. The molecule has 0 saturated carbocycles. The second-order valence-corrected chi connectivity index (χ2v) is 9.65. The first-order valence-corrected chi connectivity index (χ1v) is 8.83. The molecule has 0 aliphatic carbocycles. The van der Waals surface area contributed by atoms with Gasteiger partial charge in [0.1, 0.15) is 0 Å². The topological polar surface area (TPSA) is 57.6 Å². The predicted octanol–water partition coefficient (Wildman–Crippen LogP) is 3.58. The van der Waals surface area contributed by atoms with E-state index in [4.69, 9.17) is 0 Å². The number of hydrogen-bond acceptors (Lipinski definition) is 3. The maximum Gasteiger partial charge on any atom is 0.270 e. The molecule has 5 heteroatoms. The summed E-state index contributed by atoms with van der Waals surface area (Å²) in [5.74, 6) is 0. The van der Waals surface area contributed by atoms with E-state index >= 15 is 0 Å². The van der Waals surface area contributed by atoms with E-state index < -0.39 is 14.9 Å². The zero-order valence-electron chi connectivity index (χ0n) is 14.4. The summed E-state index contributed by atoms with van der Waals surface area (Å²) in [5, 5.41) is 0. The van der Waals surface area contributed by atoms with E-state index in [2.05, 4.69) is 25.7 Å². The van der Waals surface area contributed by atoms with Gasteiger partial charge in [-0.15, -0.1) is 0 Å². The molecule has 0 unspecified atom stereocenters. The zero-order chi connectivity index (χ0) is 16.4. The van der Waals surface area contributed by atoms with Crippen molar-refractivity contribution in [1.29, 1.82) is 0 Å². The van der Waals surface area contributed by atoms with Crippen LogP contribution in [0.4, 0.5) is 0 Å². The molecule has 0 saturated heterocycles. The maximum atomic E-state index is 11.5. The van der Waals surface area contributed by atoms with Crippen LogP contribution in [0.5, 0.6) is 0 Å². The maximum absolute atomic E-state index is 11.5. The second-order valence-electron chi connectivity index (χ2n) is 7.60. The van der Waals surface area contributed by atoms with Crippen LogP contribution >= 0.6 is 0 Å². The Bertz CT molecular complexity index is 409. The van der Waals surface area contributed by atoms with Gasteiger partial charge in [0.05, 0.1) is 4.75 Å². The first-order valence-electron chi connectivity index (χ1n) is 7.39. The molecule has 1 N–H and O–H groups in total. The highest BCUT2D eigenvalue weighted by molar-refractivity contribution is 7.87. The molecule has 0 spiro atoms. The normalized spacial score (nSPS) is 14.9. The average molecular weight is 308 g/mol. The highest BCUT2D eigenvalue weighted by Crippen LogP contribution is 2.34. The fourth-order valence-corrected chi connectivity index (χ4v) is 3.06. The lowest BCUT2D eigenvalue weighted by atomic mass is 9.82. The van der Waals surface area contributed by atoms with Gasteiger partial charge in [0, 0.05) is 12.1 Å². The lowest BCUT2D eigenvalue weighted by Crippen LogP contribution is -2.51. The van der Waals surface area contributed by atoms with E-state index in [9.17, 15) is 13.0 Å². The van der Waals surface area contributed by atoms with E-state index in [0.29, 0.717) is 6.42 Å². The highest BCUT2D eigenvalue weighted by atomic mass is 32.2. The number of hydrogen-bond donors (Lipinski definition) is 1. The average Bonchev–Trinajstić information content (AvgIpc) is 2.25. The Morgan fingerprint density at radius 3 is 1.70 bits per heavy atom. The Kier molecular flexibility index (Phi) is 6.28. The minimum Gasteiger partial charge on any atom is -0.301 e. The number of nitrogens with zero attached hydrogens (tertiary/aromatic N) is 1. The minimum atomic E-state index is -4.05. The smallest absolute Gasteiger partial charge is 0.270 e. The van der Waals surface area contributed by atoms with Crippen LogP contribution in [0.1, 0.15) is 67.7 Å². The standard InChI is InChI=1S/C15H33NO3S/c1-9-15(7,10-2)12-16(8)13(3,4)11-14(5,6)20(17,18)19/h9-12H2,1-8H3,(H,17,18,19). The molecule has 0 fully saturated rings. The van der Waals surface area contributed by atoms with E-state index in [-0.39, 0.29) is 11.0 Å². The summed E-state index contributed by atoms with van der Waals surface area (Å²) in [6, 6.07) is 0. The van der Waals surface area contributed by atoms with Crippen LogP contribution in [0.3, 0.4) is 0 Å². The van der Waals surface area contributed by atoms with Gasteiger partial charge in [-0.2, -0.15) is 8.42 Å². The fourth-order valence-electron chi connectivity index (χ4n) is 2.53. The molecule has 122 valence electrons. The molecule has 0 aromatic rings. The molecule has 0 atom stereocenters. The van der Waals surface area contributed by atoms with Gasteiger partial charge >= 0.3 is 0 Å². The van der Waals surface area contributed by atoms with Crippen LogP contribution in [-0.2, 0) is 10.1 Å². The van der Waals surface area contributed by atoms with Crippen molar-refractivity contribution in [2.24, 2.45) is 5.41 Å². The fraction of sp³-hybridized carbons (Fsp3) is 1.00. The highest BCUT2D eigenvalue weighted by Gasteiger charge is 2.41. The van der Waals surface area contributed by atoms with Crippen molar-refractivity contribution >= 4 is 10.1 Å². The van der Waals surface area contributed by atoms with Crippen LogP contribution in [0.2, 0.25) is 0 Å². The molecule has 0 aromatic carbocycles. The van der Waals surface area contributed by atoms with Crippen molar-refractivity contribution in [2.75, 3.05) is 13.6 Å². The van der Waals surface area contributed by atoms with Crippen molar-refractivity contribution < 1.29 is 13.0 Å². The largest absolute Gasteiger partial charge is 0.301 e. The van der Waals surface area contributed by atoms with Crippen LogP contribution in [0.25, 0.3) is 0 Å². The van der Waals surface area contributed by atoms with Crippen molar-refractivity contribution in [3.63, 3.8) is 0 Å². The van der Waals surface area contributed by atoms with Crippen molar-refractivity contribution in [2.45, 2.75) is 78.0 Å². The lowest BCUT2D eigenvalue weighted by molar-refractivity contribution is 0.0749. The van der Waals surface area contributed by atoms with Gasteiger partial charge in [-0.3, -0.25) is 4.55 Å². The molecule has 0 heterocycles. The Morgan fingerprint density at radius 2 is 1.40 bits per heavy atom. The second kappa shape index (κ2) is 6.32. The molecule has 4 nitrogen and oxygen atoms in total. The summed E-state index contributed by atoms with van der Waals surface area (Å²) in [6.45, 7) is 14.8. The van der Waals surface area contributed by atoms with Crippen LogP contribution in [-0.4, -0.2) is 41.7 Å². The Morgan fingerprint density at radius 1 is 1.00 bits per heavy atom. The molecule has 0 bridgehead atoms. The number of rotatable bonds is 8. The van der Waals surface area contributed by atoms with Crippen molar-refractivity contribution in [3.05, 3.63) is 0 Å².